The first-order valence-corrected chi connectivity index (χ1v) is 14.7. The van der Waals surface area contributed by atoms with Crippen molar-refractivity contribution in [3.63, 3.8) is 0 Å². The maximum Gasteiger partial charge on any atom is 0.416 e. The second-order valence-electron chi connectivity index (χ2n) is 12.3. The molecule has 5 rings (SSSR count). The van der Waals surface area contributed by atoms with E-state index in [-0.39, 0.29) is 44.1 Å². The number of aliphatic hydroxyl groups is 1. The van der Waals surface area contributed by atoms with E-state index in [9.17, 15) is 50.2 Å². The zero-order chi connectivity index (χ0) is 33.8. The number of amides is 4. The Balaban J connectivity index is 1.36. The smallest absolute Gasteiger partial charge is 0.380 e. The van der Waals surface area contributed by atoms with Gasteiger partial charge in [-0.2, -0.15) is 26.3 Å². The fraction of sp³-hybridized carbons (Fsp3) is 0.516. The Morgan fingerprint density at radius 1 is 0.848 bits per heavy atom. The summed E-state index contributed by atoms with van der Waals surface area (Å²) in [5.41, 5.74) is -4.49. The number of urea groups is 1. The van der Waals surface area contributed by atoms with E-state index in [1.165, 1.54) is 36.2 Å². The minimum Gasteiger partial charge on any atom is -0.380 e. The van der Waals surface area contributed by atoms with Gasteiger partial charge in [-0.05, 0) is 61.6 Å². The normalized spacial score (nSPS) is 21.7. The van der Waals surface area contributed by atoms with Crippen LogP contribution in [0.2, 0.25) is 0 Å². The molecule has 2 saturated heterocycles. The second kappa shape index (κ2) is 12.0. The molecular weight excluding hydrogens is 625 g/mol. The minimum absolute atomic E-state index is 0.00619. The molecule has 15 heteroatoms. The van der Waals surface area contributed by atoms with Crippen molar-refractivity contribution in [2.45, 2.75) is 55.6 Å². The number of halogens is 7. The molecule has 2 aliphatic heterocycles. The molecule has 2 aromatic carbocycles. The van der Waals surface area contributed by atoms with E-state index in [4.69, 9.17) is 0 Å². The van der Waals surface area contributed by atoms with Gasteiger partial charge in [0.1, 0.15) is 11.4 Å². The summed E-state index contributed by atoms with van der Waals surface area (Å²) in [7, 11) is 2.41. The summed E-state index contributed by atoms with van der Waals surface area (Å²) in [4.78, 5) is 44.7. The van der Waals surface area contributed by atoms with Crippen LogP contribution in [0.4, 0.5) is 41.2 Å². The Morgan fingerprint density at radius 2 is 1.39 bits per heavy atom. The summed E-state index contributed by atoms with van der Waals surface area (Å²) in [5.74, 6) is -2.08. The molecule has 250 valence electrons. The van der Waals surface area contributed by atoms with Gasteiger partial charge in [-0.15, -0.1) is 0 Å². The first-order valence-electron chi connectivity index (χ1n) is 14.7. The molecule has 0 aromatic heterocycles. The maximum absolute atomic E-state index is 13.8. The van der Waals surface area contributed by atoms with Crippen LogP contribution < -0.4 is 4.90 Å². The number of carbonyl (C=O) groups excluding carboxylic acids is 3. The Bertz CT molecular complexity index is 1450. The average Bonchev–Trinajstić information content (AvgIpc) is 3.61. The molecule has 0 spiro atoms. The quantitative estimate of drug-likeness (QED) is 0.453. The number of carbonyl (C=O) groups is 3. The third-order valence-corrected chi connectivity index (χ3v) is 9.20. The lowest BCUT2D eigenvalue weighted by Gasteiger charge is -2.34. The Labute approximate surface area is 260 Å². The molecule has 2 aromatic rings. The van der Waals surface area contributed by atoms with Gasteiger partial charge in [0.05, 0.1) is 17.2 Å². The lowest BCUT2D eigenvalue weighted by molar-refractivity contribution is -0.146. The number of hydrogen-bond donors (Lipinski definition) is 1. The van der Waals surface area contributed by atoms with Gasteiger partial charge >= 0.3 is 18.4 Å². The van der Waals surface area contributed by atoms with Crippen molar-refractivity contribution in [3.05, 3.63) is 65.0 Å². The molecule has 2 unspecified atom stereocenters. The first kappa shape index (κ1) is 33.5. The summed E-state index contributed by atoms with van der Waals surface area (Å²) in [5, 5.41) is 10.2. The highest BCUT2D eigenvalue weighted by Crippen LogP contribution is 2.40. The van der Waals surface area contributed by atoms with E-state index in [2.05, 4.69) is 0 Å². The molecular formula is C31H33F7N4O4. The fourth-order valence-corrected chi connectivity index (χ4v) is 6.23. The molecule has 0 bridgehead atoms. The van der Waals surface area contributed by atoms with Gasteiger partial charge in [0.2, 0.25) is 5.91 Å². The fourth-order valence-electron chi connectivity index (χ4n) is 6.23. The van der Waals surface area contributed by atoms with E-state index < -0.39 is 64.5 Å². The predicted octanol–water partition coefficient (Wildman–Crippen LogP) is 5.11. The monoisotopic (exact) mass is 658 g/mol. The summed E-state index contributed by atoms with van der Waals surface area (Å²) < 4.78 is 94.7. The topological polar surface area (TPSA) is 84.4 Å². The number of benzene rings is 2. The van der Waals surface area contributed by atoms with Crippen molar-refractivity contribution >= 4 is 23.5 Å². The number of rotatable bonds is 5. The molecule has 1 saturated carbocycles. The van der Waals surface area contributed by atoms with Crippen LogP contribution in [-0.4, -0.2) is 89.6 Å². The van der Waals surface area contributed by atoms with Gasteiger partial charge in [0.25, 0.3) is 5.91 Å². The standard InChI is InChI=1S/C31H33F7N4O4/c1-39(23-14-20(30(33,34)35)13-21(15-23)31(36,37)38)28(45)40(2)25-17-42(16-24(25)18-3-5-22(32)6-4-18)26(43)19-7-11-41(12-8-19)27(44)29(46)9-10-29/h3-6,13-15,19,24-25,46H,7-12,16-17H2,1-2H3. The number of likely N-dealkylation sites (tertiary alicyclic amines) is 2. The highest BCUT2D eigenvalue weighted by atomic mass is 19.4. The third kappa shape index (κ3) is 6.79. The minimum atomic E-state index is -5.10. The number of hydrogen-bond acceptors (Lipinski definition) is 4. The van der Waals surface area contributed by atoms with Crippen LogP contribution in [0.1, 0.15) is 48.3 Å². The van der Waals surface area contributed by atoms with Crippen LogP contribution in [0.3, 0.4) is 0 Å². The predicted molar refractivity (Wildman–Crippen MR) is 151 cm³/mol. The van der Waals surface area contributed by atoms with Gasteiger partial charge < -0.3 is 19.8 Å². The van der Waals surface area contributed by atoms with E-state index >= 15 is 0 Å². The SMILES string of the molecule is CN(C(=O)N(C)C1CN(C(=O)C2CCN(C(=O)C3(O)CC3)CC2)CC1c1ccc(F)cc1)c1cc(C(F)(F)F)cc(C(F)(F)F)c1. The van der Waals surface area contributed by atoms with Gasteiger partial charge in [0, 0.05) is 57.8 Å². The van der Waals surface area contributed by atoms with E-state index in [0.29, 0.717) is 48.3 Å². The maximum atomic E-state index is 13.8. The summed E-state index contributed by atoms with van der Waals surface area (Å²) in [6.07, 6.45) is -8.68. The van der Waals surface area contributed by atoms with Crippen molar-refractivity contribution in [1.29, 1.82) is 0 Å². The Hall–Kier alpha value is -3.88. The molecule has 1 N–H and O–H groups in total. The molecule has 2 heterocycles. The third-order valence-electron chi connectivity index (χ3n) is 9.20. The van der Waals surface area contributed by atoms with Crippen LogP contribution in [0.25, 0.3) is 0 Å². The van der Waals surface area contributed by atoms with Crippen LogP contribution in [-0.2, 0) is 21.9 Å². The largest absolute Gasteiger partial charge is 0.416 e. The molecule has 1 aliphatic carbocycles. The lowest BCUT2D eigenvalue weighted by atomic mass is 9.93. The van der Waals surface area contributed by atoms with Crippen LogP contribution >= 0.6 is 0 Å². The molecule has 0 radical (unpaired) electrons. The molecule has 46 heavy (non-hydrogen) atoms. The van der Waals surface area contributed by atoms with Crippen molar-refractivity contribution in [3.8, 4) is 0 Å². The zero-order valence-electron chi connectivity index (χ0n) is 25.0. The molecule has 3 aliphatic rings. The summed E-state index contributed by atoms with van der Waals surface area (Å²) in [6, 6.07) is 4.65. The molecule has 2 atom stereocenters. The number of anilines is 1. The zero-order valence-corrected chi connectivity index (χ0v) is 25.0. The van der Waals surface area contributed by atoms with Gasteiger partial charge in [-0.25, -0.2) is 9.18 Å². The highest BCUT2D eigenvalue weighted by Gasteiger charge is 2.51. The molecule has 8 nitrogen and oxygen atoms in total. The lowest BCUT2D eigenvalue weighted by Crippen LogP contribution is -2.49. The van der Waals surface area contributed by atoms with Crippen molar-refractivity contribution in [2.75, 3.05) is 45.2 Å². The van der Waals surface area contributed by atoms with Crippen LogP contribution in [0, 0.1) is 11.7 Å². The Morgan fingerprint density at radius 3 is 1.89 bits per heavy atom. The first-order chi connectivity index (χ1) is 21.4. The number of likely N-dealkylation sites (N-methyl/N-ethyl adjacent to an activating group) is 1. The van der Waals surface area contributed by atoms with Crippen LogP contribution in [0.5, 0.6) is 0 Å². The number of nitrogens with zero attached hydrogens (tertiary/aromatic N) is 4. The van der Waals surface area contributed by atoms with E-state index in [1.807, 2.05) is 0 Å². The van der Waals surface area contributed by atoms with Crippen molar-refractivity contribution in [2.24, 2.45) is 5.92 Å². The summed E-state index contributed by atoms with van der Waals surface area (Å²) in [6.45, 7) is 0.704. The average molecular weight is 659 g/mol. The summed E-state index contributed by atoms with van der Waals surface area (Å²) >= 11 is 0. The van der Waals surface area contributed by atoms with Crippen LogP contribution in [0.15, 0.2) is 42.5 Å². The van der Waals surface area contributed by atoms with Gasteiger partial charge in [-0.1, -0.05) is 12.1 Å². The number of alkyl halides is 6. The number of piperidine rings is 1. The van der Waals surface area contributed by atoms with Gasteiger partial charge in [-0.3, -0.25) is 14.5 Å². The highest BCUT2D eigenvalue weighted by molar-refractivity contribution is 5.92. The second-order valence-corrected chi connectivity index (χ2v) is 12.3. The van der Waals surface area contributed by atoms with Crippen molar-refractivity contribution < 1.29 is 50.2 Å². The van der Waals surface area contributed by atoms with E-state index in [1.54, 1.807) is 9.80 Å². The Kier molecular flexibility index (Phi) is 8.77. The van der Waals surface area contributed by atoms with E-state index in [0.717, 1.165) is 7.05 Å². The van der Waals surface area contributed by atoms with Crippen molar-refractivity contribution in [1.82, 2.24) is 14.7 Å². The molecule has 3 fully saturated rings. The van der Waals surface area contributed by atoms with Gasteiger partial charge in [0.15, 0.2) is 0 Å². The molecule has 4 amide bonds.